The van der Waals surface area contributed by atoms with E-state index in [0.29, 0.717) is 25.5 Å². The third-order valence-electron chi connectivity index (χ3n) is 2.84. The Labute approximate surface area is 129 Å². The maximum absolute atomic E-state index is 11.6. The lowest BCUT2D eigenvalue weighted by Crippen LogP contribution is -2.37. The molecule has 7 nitrogen and oxygen atoms in total. The van der Waals surface area contributed by atoms with E-state index in [-0.39, 0.29) is 6.03 Å². The summed E-state index contributed by atoms with van der Waals surface area (Å²) in [4.78, 5) is 19.8. The summed E-state index contributed by atoms with van der Waals surface area (Å²) in [6, 6.07) is 9.01. The van der Waals surface area contributed by atoms with Gasteiger partial charge in [-0.3, -0.25) is 0 Å². The van der Waals surface area contributed by atoms with Crippen LogP contribution in [-0.2, 0) is 6.54 Å². The van der Waals surface area contributed by atoms with Crippen molar-refractivity contribution < 1.29 is 9.53 Å². The fourth-order valence-corrected chi connectivity index (χ4v) is 1.72. The second-order valence-electron chi connectivity index (χ2n) is 4.46. The van der Waals surface area contributed by atoms with Crippen LogP contribution in [0.2, 0.25) is 0 Å². The molecule has 0 aliphatic heterocycles. The average Bonchev–Trinajstić information content (AvgIpc) is 2.58. The molecule has 0 aliphatic rings. The molecule has 7 heteroatoms. The van der Waals surface area contributed by atoms with Gasteiger partial charge in [0.1, 0.15) is 5.82 Å². The number of nitrogens with one attached hydrogen (secondary N) is 3. The fourth-order valence-electron chi connectivity index (χ4n) is 1.72. The smallest absolute Gasteiger partial charge is 0.315 e. The molecule has 0 spiro atoms. The van der Waals surface area contributed by atoms with Gasteiger partial charge in [-0.05, 0) is 17.7 Å². The monoisotopic (exact) mass is 301 g/mol. The lowest BCUT2D eigenvalue weighted by Gasteiger charge is -2.09. The lowest BCUT2D eigenvalue weighted by atomic mass is 10.3. The van der Waals surface area contributed by atoms with Crippen LogP contribution in [0.15, 0.2) is 42.7 Å². The fraction of sp³-hybridized carbons (Fsp3) is 0.267. The molecule has 0 aromatic carbocycles. The van der Waals surface area contributed by atoms with Crippen LogP contribution in [0.25, 0.3) is 0 Å². The average molecular weight is 301 g/mol. The van der Waals surface area contributed by atoms with E-state index in [9.17, 15) is 4.79 Å². The number of carbonyl (C=O) groups is 1. The number of hydrogen-bond donors (Lipinski definition) is 3. The van der Waals surface area contributed by atoms with Gasteiger partial charge < -0.3 is 20.7 Å². The van der Waals surface area contributed by atoms with Gasteiger partial charge in [0.05, 0.1) is 7.11 Å². The minimum Gasteiger partial charge on any atom is -0.481 e. The number of urea groups is 1. The van der Waals surface area contributed by atoms with Gasteiger partial charge >= 0.3 is 6.03 Å². The van der Waals surface area contributed by atoms with Crippen LogP contribution in [0.5, 0.6) is 5.88 Å². The van der Waals surface area contributed by atoms with Gasteiger partial charge in [-0.1, -0.05) is 12.1 Å². The number of ether oxygens (including phenoxy) is 1. The SMILES string of the molecule is COc1ccc(CNC(=O)NCCNc2ccccn2)cn1. The number of methoxy groups -OCH3 is 1. The zero-order chi connectivity index (χ0) is 15.6. The van der Waals surface area contributed by atoms with Crippen molar-refractivity contribution in [3.8, 4) is 5.88 Å². The normalized spacial score (nSPS) is 9.86. The van der Waals surface area contributed by atoms with Crippen LogP contribution >= 0.6 is 0 Å². The molecule has 2 amide bonds. The van der Waals surface area contributed by atoms with Crippen molar-refractivity contribution >= 4 is 11.8 Å². The number of hydrogen-bond acceptors (Lipinski definition) is 5. The van der Waals surface area contributed by atoms with Crippen molar-refractivity contribution in [2.24, 2.45) is 0 Å². The number of aromatic nitrogens is 2. The Morgan fingerprint density at radius 1 is 1.14 bits per heavy atom. The highest BCUT2D eigenvalue weighted by Gasteiger charge is 2.01. The van der Waals surface area contributed by atoms with Crippen molar-refractivity contribution in [3.05, 3.63) is 48.3 Å². The predicted molar refractivity (Wildman–Crippen MR) is 83.8 cm³/mol. The highest BCUT2D eigenvalue weighted by Crippen LogP contribution is 2.05. The van der Waals surface area contributed by atoms with Crippen molar-refractivity contribution in [2.45, 2.75) is 6.54 Å². The molecule has 0 atom stereocenters. The van der Waals surface area contributed by atoms with Gasteiger partial charge in [-0.15, -0.1) is 0 Å². The van der Waals surface area contributed by atoms with Crippen LogP contribution in [0.3, 0.4) is 0 Å². The number of nitrogens with zero attached hydrogens (tertiary/aromatic N) is 2. The van der Waals surface area contributed by atoms with E-state index in [1.807, 2.05) is 24.3 Å². The molecule has 2 aromatic heterocycles. The van der Waals surface area contributed by atoms with Gasteiger partial charge in [0.25, 0.3) is 0 Å². The number of rotatable bonds is 7. The maximum Gasteiger partial charge on any atom is 0.315 e. The van der Waals surface area contributed by atoms with E-state index in [1.54, 1.807) is 25.6 Å². The first-order chi connectivity index (χ1) is 10.8. The summed E-state index contributed by atoms with van der Waals surface area (Å²) in [5.74, 6) is 1.34. The second-order valence-corrected chi connectivity index (χ2v) is 4.46. The Morgan fingerprint density at radius 2 is 2.05 bits per heavy atom. The predicted octanol–water partition coefficient (Wildman–Crippen LogP) is 1.40. The summed E-state index contributed by atoms with van der Waals surface area (Å²) in [7, 11) is 1.56. The lowest BCUT2D eigenvalue weighted by molar-refractivity contribution is 0.241. The molecule has 0 bridgehead atoms. The molecule has 0 saturated heterocycles. The van der Waals surface area contributed by atoms with Gasteiger partial charge in [-0.25, -0.2) is 14.8 Å². The van der Waals surface area contributed by atoms with Gasteiger partial charge in [0.15, 0.2) is 0 Å². The Balaban J connectivity index is 1.61. The van der Waals surface area contributed by atoms with Crippen LogP contribution in [0.4, 0.5) is 10.6 Å². The van der Waals surface area contributed by atoms with Crippen LogP contribution in [-0.4, -0.2) is 36.2 Å². The van der Waals surface area contributed by atoms with E-state index in [1.165, 1.54) is 0 Å². The highest BCUT2D eigenvalue weighted by atomic mass is 16.5. The third-order valence-corrected chi connectivity index (χ3v) is 2.84. The molecule has 2 rings (SSSR count). The molecule has 0 fully saturated rings. The quantitative estimate of drug-likeness (QED) is 0.673. The molecule has 116 valence electrons. The molecule has 0 aliphatic carbocycles. The number of anilines is 1. The Hall–Kier alpha value is -2.83. The Morgan fingerprint density at radius 3 is 2.73 bits per heavy atom. The highest BCUT2D eigenvalue weighted by molar-refractivity contribution is 5.73. The Kier molecular flexibility index (Phi) is 5.98. The summed E-state index contributed by atoms with van der Waals surface area (Å²) in [5, 5.41) is 8.63. The number of pyridine rings is 2. The number of amides is 2. The molecular formula is C15H19N5O2. The van der Waals surface area contributed by atoms with Crippen LogP contribution < -0.4 is 20.7 Å². The minimum atomic E-state index is -0.223. The van der Waals surface area contributed by atoms with Crippen molar-refractivity contribution in [3.63, 3.8) is 0 Å². The van der Waals surface area contributed by atoms with Crippen LogP contribution in [0, 0.1) is 0 Å². The molecule has 3 N–H and O–H groups in total. The topological polar surface area (TPSA) is 88.2 Å². The molecule has 0 unspecified atom stereocenters. The molecule has 0 radical (unpaired) electrons. The van der Waals surface area contributed by atoms with E-state index in [0.717, 1.165) is 11.4 Å². The largest absolute Gasteiger partial charge is 0.481 e. The van der Waals surface area contributed by atoms with E-state index < -0.39 is 0 Å². The third kappa shape index (κ3) is 5.28. The van der Waals surface area contributed by atoms with Crippen LogP contribution in [0.1, 0.15) is 5.56 Å². The first-order valence-corrected chi connectivity index (χ1v) is 6.93. The molecule has 2 heterocycles. The summed E-state index contributed by atoms with van der Waals surface area (Å²) in [6.07, 6.45) is 3.38. The van der Waals surface area contributed by atoms with Crippen molar-refractivity contribution in [1.82, 2.24) is 20.6 Å². The summed E-state index contributed by atoms with van der Waals surface area (Å²) >= 11 is 0. The maximum atomic E-state index is 11.6. The zero-order valence-corrected chi connectivity index (χ0v) is 12.4. The molecule has 0 saturated carbocycles. The van der Waals surface area contributed by atoms with Gasteiger partial charge in [-0.2, -0.15) is 0 Å². The Bertz CT molecular complexity index is 574. The summed E-state index contributed by atoms with van der Waals surface area (Å²) in [5.41, 5.74) is 0.905. The zero-order valence-electron chi connectivity index (χ0n) is 12.4. The van der Waals surface area contributed by atoms with Crippen molar-refractivity contribution in [1.29, 1.82) is 0 Å². The van der Waals surface area contributed by atoms with E-state index >= 15 is 0 Å². The first-order valence-electron chi connectivity index (χ1n) is 6.93. The van der Waals surface area contributed by atoms with Gasteiger partial charge in [0.2, 0.25) is 5.88 Å². The molecule has 2 aromatic rings. The van der Waals surface area contributed by atoms with E-state index in [2.05, 4.69) is 25.9 Å². The number of carbonyl (C=O) groups excluding carboxylic acids is 1. The first kappa shape index (κ1) is 15.6. The van der Waals surface area contributed by atoms with Gasteiger partial charge in [0, 0.05) is 38.1 Å². The summed E-state index contributed by atoms with van der Waals surface area (Å²) < 4.78 is 4.97. The van der Waals surface area contributed by atoms with E-state index in [4.69, 9.17) is 4.74 Å². The van der Waals surface area contributed by atoms with Crippen molar-refractivity contribution in [2.75, 3.05) is 25.5 Å². The standard InChI is InChI=1S/C15H19N5O2/c1-22-14-6-5-12(10-19-14)11-20-15(21)18-9-8-17-13-4-2-3-7-16-13/h2-7,10H,8-9,11H2,1H3,(H,16,17)(H2,18,20,21). The minimum absolute atomic E-state index is 0.223. The molecular weight excluding hydrogens is 282 g/mol. The molecule has 22 heavy (non-hydrogen) atoms. The summed E-state index contributed by atoms with van der Waals surface area (Å²) in [6.45, 7) is 1.52. The second kappa shape index (κ2) is 8.46.